The van der Waals surface area contributed by atoms with Crippen LogP contribution in [0.15, 0.2) is 91.0 Å². The molecule has 1 N–H and O–H groups in total. The molecule has 1 nitrogen and oxygen atoms in total. The second-order valence-corrected chi connectivity index (χ2v) is 6.55. The predicted molar refractivity (Wildman–Crippen MR) is 111 cm³/mol. The Morgan fingerprint density at radius 1 is 0.667 bits per heavy atom. The number of halogens is 2. The maximum absolute atomic E-state index is 3.90. The molecular weight excluding hydrogens is 426 g/mol. The standard InChI is InChI=1S/C21H20BrN.BrH/c22-20(18-12-6-2-7-13-18)21(19-14-8-3-9-15-19)23-16-17-10-4-1-5-11-17;/h1-15,20-21,23H,16H2;1H/t20-,21+;/m0./s1. The fourth-order valence-corrected chi connectivity index (χ4v) is 3.50. The highest BCUT2D eigenvalue weighted by Crippen LogP contribution is 2.36. The van der Waals surface area contributed by atoms with Gasteiger partial charge < -0.3 is 5.32 Å². The summed E-state index contributed by atoms with van der Waals surface area (Å²) in [5.41, 5.74) is 3.86. The summed E-state index contributed by atoms with van der Waals surface area (Å²) in [4.78, 5) is 0.217. The highest BCUT2D eigenvalue weighted by molar-refractivity contribution is 9.09. The molecule has 0 saturated heterocycles. The first kappa shape index (κ1) is 18.9. The van der Waals surface area contributed by atoms with Crippen molar-refractivity contribution in [3.8, 4) is 0 Å². The minimum Gasteiger partial charge on any atom is -0.305 e. The van der Waals surface area contributed by atoms with Crippen LogP contribution in [0.4, 0.5) is 0 Å². The van der Waals surface area contributed by atoms with Crippen molar-refractivity contribution in [2.45, 2.75) is 17.4 Å². The maximum atomic E-state index is 3.90. The molecule has 0 spiro atoms. The lowest BCUT2D eigenvalue weighted by molar-refractivity contribution is 0.527. The van der Waals surface area contributed by atoms with Crippen molar-refractivity contribution in [2.24, 2.45) is 0 Å². The summed E-state index contributed by atoms with van der Waals surface area (Å²) in [7, 11) is 0. The number of benzene rings is 3. The van der Waals surface area contributed by atoms with E-state index in [0.717, 1.165) is 6.54 Å². The van der Waals surface area contributed by atoms with E-state index in [0.29, 0.717) is 0 Å². The number of hydrogen-bond acceptors (Lipinski definition) is 1. The van der Waals surface area contributed by atoms with Crippen LogP contribution < -0.4 is 5.32 Å². The average molecular weight is 447 g/mol. The zero-order valence-corrected chi connectivity index (χ0v) is 16.6. The topological polar surface area (TPSA) is 12.0 Å². The van der Waals surface area contributed by atoms with Crippen LogP contribution in [-0.4, -0.2) is 0 Å². The molecule has 0 aliphatic heterocycles. The molecule has 0 bridgehead atoms. The summed E-state index contributed by atoms with van der Waals surface area (Å²) in [5, 5.41) is 3.70. The summed E-state index contributed by atoms with van der Waals surface area (Å²) in [6.45, 7) is 0.843. The zero-order valence-electron chi connectivity index (χ0n) is 13.3. The van der Waals surface area contributed by atoms with Gasteiger partial charge in [-0.05, 0) is 16.7 Å². The van der Waals surface area contributed by atoms with Crippen molar-refractivity contribution >= 4 is 32.9 Å². The van der Waals surface area contributed by atoms with Gasteiger partial charge in [-0.25, -0.2) is 0 Å². The highest BCUT2D eigenvalue weighted by atomic mass is 79.9. The average Bonchev–Trinajstić information content (AvgIpc) is 2.64. The van der Waals surface area contributed by atoms with Crippen LogP contribution in [0.3, 0.4) is 0 Å². The third-order valence-electron chi connectivity index (χ3n) is 3.94. The monoisotopic (exact) mass is 445 g/mol. The molecule has 0 aliphatic rings. The molecule has 3 heteroatoms. The van der Waals surface area contributed by atoms with Crippen LogP contribution in [0.5, 0.6) is 0 Å². The Balaban J connectivity index is 0.00000208. The molecule has 124 valence electrons. The van der Waals surface area contributed by atoms with E-state index >= 15 is 0 Å². The van der Waals surface area contributed by atoms with Gasteiger partial charge in [-0.15, -0.1) is 17.0 Å². The van der Waals surface area contributed by atoms with E-state index in [1.165, 1.54) is 16.7 Å². The molecule has 0 aliphatic carbocycles. The fraction of sp³-hybridized carbons (Fsp3) is 0.143. The molecule has 0 radical (unpaired) electrons. The number of nitrogens with one attached hydrogen (secondary N) is 1. The van der Waals surface area contributed by atoms with E-state index in [1.54, 1.807) is 0 Å². The van der Waals surface area contributed by atoms with Gasteiger partial charge in [0.2, 0.25) is 0 Å². The second kappa shape index (κ2) is 9.77. The van der Waals surface area contributed by atoms with Gasteiger partial charge in [-0.2, -0.15) is 0 Å². The summed E-state index contributed by atoms with van der Waals surface area (Å²) < 4.78 is 0. The first-order chi connectivity index (χ1) is 11.3. The van der Waals surface area contributed by atoms with E-state index in [1.807, 2.05) is 0 Å². The van der Waals surface area contributed by atoms with Crippen LogP contribution in [0.25, 0.3) is 0 Å². The molecule has 0 saturated carbocycles. The zero-order chi connectivity index (χ0) is 15.9. The lowest BCUT2D eigenvalue weighted by Gasteiger charge is -2.25. The first-order valence-corrected chi connectivity index (χ1v) is 8.77. The molecule has 0 amide bonds. The molecule has 0 unspecified atom stereocenters. The van der Waals surface area contributed by atoms with E-state index < -0.39 is 0 Å². The minimum absolute atomic E-state index is 0. The van der Waals surface area contributed by atoms with Crippen LogP contribution in [-0.2, 0) is 6.54 Å². The van der Waals surface area contributed by atoms with Crippen LogP contribution in [0, 0.1) is 0 Å². The molecule has 0 aromatic heterocycles. The number of rotatable bonds is 6. The first-order valence-electron chi connectivity index (χ1n) is 7.86. The third kappa shape index (κ3) is 5.04. The fourth-order valence-electron chi connectivity index (χ4n) is 2.70. The van der Waals surface area contributed by atoms with Gasteiger partial charge in [-0.3, -0.25) is 0 Å². The Labute approximate surface area is 163 Å². The van der Waals surface area contributed by atoms with Crippen molar-refractivity contribution in [1.29, 1.82) is 0 Å². The Hall–Kier alpha value is -1.42. The van der Waals surface area contributed by atoms with E-state index in [4.69, 9.17) is 0 Å². The number of hydrogen-bond donors (Lipinski definition) is 1. The molecule has 2 atom stereocenters. The maximum Gasteiger partial charge on any atom is 0.0590 e. The van der Waals surface area contributed by atoms with Gasteiger partial charge in [-0.1, -0.05) is 107 Å². The van der Waals surface area contributed by atoms with Gasteiger partial charge in [0, 0.05) is 12.6 Å². The Bertz CT molecular complexity index is 702. The van der Waals surface area contributed by atoms with E-state index in [9.17, 15) is 0 Å². The Morgan fingerprint density at radius 2 is 1.12 bits per heavy atom. The van der Waals surface area contributed by atoms with E-state index in [2.05, 4.69) is 112 Å². The van der Waals surface area contributed by atoms with Crippen LogP contribution >= 0.6 is 32.9 Å². The van der Waals surface area contributed by atoms with Crippen molar-refractivity contribution < 1.29 is 0 Å². The Kier molecular flexibility index (Phi) is 7.70. The molecular formula is C21H21Br2N. The molecule has 3 aromatic carbocycles. The van der Waals surface area contributed by atoms with Gasteiger partial charge in [0.25, 0.3) is 0 Å². The van der Waals surface area contributed by atoms with Crippen LogP contribution in [0.2, 0.25) is 0 Å². The highest BCUT2D eigenvalue weighted by Gasteiger charge is 2.21. The third-order valence-corrected chi connectivity index (χ3v) is 5.00. The summed E-state index contributed by atoms with van der Waals surface area (Å²) in [6, 6.07) is 31.9. The summed E-state index contributed by atoms with van der Waals surface area (Å²) in [5.74, 6) is 0. The minimum atomic E-state index is 0. The van der Waals surface area contributed by atoms with Gasteiger partial charge in [0.05, 0.1) is 4.83 Å². The smallest absolute Gasteiger partial charge is 0.0590 e. The van der Waals surface area contributed by atoms with Gasteiger partial charge >= 0.3 is 0 Å². The molecule has 3 rings (SSSR count). The summed E-state index contributed by atoms with van der Waals surface area (Å²) >= 11 is 3.90. The van der Waals surface area contributed by atoms with Crippen molar-refractivity contribution in [3.05, 3.63) is 108 Å². The molecule has 24 heavy (non-hydrogen) atoms. The summed E-state index contributed by atoms with van der Waals surface area (Å²) in [6.07, 6.45) is 0. The lowest BCUT2D eigenvalue weighted by atomic mass is 9.98. The Morgan fingerprint density at radius 3 is 1.67 bits per heavy atom. The van der Waals surface area contributed by atoms with Crippen molar-refractivity contribution in [3.63, 3.8) is 0 Å². The SMILES string of the molecule is Br.Br[C@@H](c1ccccc1)[C@H](NCc1ccccc1)c1ccccc1. The second-order valence-electron chi connectivity index (χ2n) is 5.57. The largest absolute Gasteiger partial charge is 0.305 e. The molecule has 3 aromatic rings. The van der Waals surface area contributed by atoms with Gasteiger partial charge in [0.15, 0.2) is 0 Å². The van der Waals surface area contributed by atoms with Crippen molar-refractivity contribution in [2.75, 3.05) is 0 Å². The number of alkyl halides is 1. The van der Waals surface area contributed by atoms with Crippen LogP contribution in [0.1, 0.15) is 27.6 Å². The lowest BCUT2D eigenvalue weighted by Crippen LogP contribution is -2.24. The van der Waals surface area contributed by atoms with Crippen molar-refractivity contribution in [1.82, 2.24) is 5.32 Å². The molecule has 0 heterocycles. The normalized spacial score (nSPS) is 12.9. The quantitative estimate of drug-likeness (QED) is 0.442. The van der Waals surface area contributed by atoms with Gasteiger partial charge in [0.1, 0.15) is 0 Å². The molecule has 0 fully saturated rings. The predicted octanol–water partition coefficient (Wildman–Crippen LogP) is 6.23. The van der Waals surface area contributed by atoms with E-state index in [-0.39, 0.29) is 27.9 Å².